The van der Waals surface area contributed by atoms with Crippen molar-refractivity contribution in [2.24, 2.45) is 5.73 Å². The van der Waals surface area contributed by atoms with Crippen LogP contribution in [0.1, 0.15) is 12.8 Å². The third kappa shape index (κ3) is 4.74. The van der Waals surface area contributed by atoms with E-state index in [1.165, 1.54) is 6.33 Å². The minimum Gasteiger partial charge on any atom is -0.384 e. The van der Waals surface area contributed by atoms with Gasteiger partial charge in [0.1, 0.15) is 17.0 Å². The molecule has 0 fully saturated rings. The molecule has 11 heteroatoms. The van der Waals surface area contributed by atoms with Gasteiger partial charge in [-0.3, -0.25) is 4.72 Å². The molecule has 0 atom stereocenters. The molecule has 0 aliphatic rings. The summed E-state index contributed by atoms with van der Waals surface area (Å²) in [5.41, 5.74) is 5.72. The molecule has 4 N–H and O–H groups in total. The van der Waals surface area contributed by atoms with Gasteiger partial charge in [0, 0.05) is 18.1 Å². The third-order valence-electron chi connectivity index (χ3n) is 2.84. The van der Waals surface area contributed by atoms with Gasteiger partial charge in [-0.25, -0.2) is 17.8 Å². The molecule has 0 saturated heterocycles. The summed E-state index contributed by atoms with van der Waals surface area (Å²) >= 11 is 6.87. The number of nitrogens with two attached hydrogens (primary N) is 1. The Labute approximate surface area is 142 Å². The Hall–Kier alpha value is -1.49. The number of anilines is 2. The second kappa shape index (κ2) is 7.86. The highest BCUT2D eigenvalue weighted by atomic mass is 35.5. The van der Waals surface area contributed by atoms with E-state index >= 15 is 0 Å². The molecule has 0 saturated carbocycles. The molecule has 1 aromatic carbocycles. The SMILES string of the molecule is NCCCCNc1cc(F)c(S(=O)(=O)Nc2ncns2)cc1Cl. The van der Waals surface area contributed by atoms with E-state index in [0.29, 0.717) is 18.8 Å². The number of halogens is 2. The first kappa shape index (κ1) is 17.9. The van der Waals surface area contributed by atoms with Crippen molar-refractivity contribution in [3.8, 4) is 0 Å². The van der Waals surface area contributed by atoms with Crippen LogP contribution in [0.4, 0.5) is 15.2 Å². The molecule has 0 bridgehead atoms. The van der Waals surface area contributed by atoms with Crippen molar-refractivity contribution in [2.45, 2.75) is 17.7 Å². The first-order valence-corrected chi connectivity index (χ1v) is 9.30. The summed E-state index contributed by atoms with van der Waals surface area (Å²) in [5.74, 6) is -0.909. The Morgan fingerprint density at radius 3 is 2.78 bits per heavy atom. The molecule has 0 radical (unpaired) electrons. The summed E-state index contributed by atoms with van der Waals surface area (Å²) in [6.07, 6.45) is 2.82. The van der Waals surface area contributed by atoms with Crippen molar-refractivity contribution in [3.05, 3.63) is 29.3 Å². The summed E-state index contributed by atoms with van der Waals surface area (Å²) in [4.78, 5) is 3.14. The fourth-order valence-electron chi connectivity index (χ4n) is 1.75. The highest BCUT2D eigenvalue weighted by molar-refractivity contribution is 7.93. The lowest BCUT2D eigenvalue weighted by Gasteiger charge is -2.11. The van der Waals surface area contributed by atoms with E-state index in [1.54, 1.807) is 0 Å². The van der Waals surface area contributed by atoms with Crippen molar-refractivity contribution < 1.29 is 12.8 Å². The van der Waals surface area contributed by atoms with Gasteiger partial charge in [0.2, 0.25) is 5.13 Å². The fourth-order valence-corrected chi connectivity index (χ4v) is 3.79. The lowest BCUT2D eigenvalue weighted by atomic mass is 10.2. The summed E-state index contributed by atoms with van der Waals surface area (Å²) in [6.45, 7) is 1.13. The van der Waals surface area contributed by atoms with E-state index in [-0.39, 0.29) is 10.2 Å². The number of hydrogen-bond donors (Lipinski definition) is 3. The van der Waals surface area contributed by atoms with Gasteiger partial charge < -0.3 is 11.1 Å². The standard InChI is InChI=1S/C12H15ClFN5O2S2/c13-8-5-11(23(20,21)19-12-17-7-18-22-12)9(14)6-10(8)16-4-2-1-3-15/h5-7,16H,1-4,15H2,(H,17,18,19). The molecular weight excluding hydrogens is 365 g/mol. The molecule has 0 aliphatic heterocycles. The number of benzene rings is 1. The lowest BCUT2D eigenvalue weighted by Crippen LogP contribution is -2.15. The Morgan fingerprint density at radius 2 is 2.13 bits per heavy atom. The van der Waals surface area contributed by atoms with Gasteiger partial charge in [0.05, 0.1) is 10.7 Å². The zero-order valence-electron chi connectivity index (χ0n) is 11.9. The maximum atomic E-state index is 14.2. The molecule has 1 heterocycles. The number of nitrogens with zero attached hydrogens (tertiary/aromatic N) is 2. The number of nitrogens with one attached hydrogen (secondary N) is 2. The van der Waals surface area contributed by atoms with Crippen molar-refractivity contribution in [3.63, 3.8) is 0 Å². The Morgan fingerprint density at radius 1 is 1.35 bits per heavy atom. The van der Waals surface area contributed by atoms with Crippen LogP contribution >= 0.6 is 23.1 Å². The minimum atomic E-state index is -4.13. The van der Waals surface area contributed by atoms with Crippen LogP contribution in [0.2, 0.25) is 5.02 Å². The van der Waals surface area contributed by atoms with E-state index in [9.17, 15) is 12.8 Å². The molecule has 1 aromatic heterocycles. The van der Waals surface area contributed by atoms with Crippen LogP contribution < -0.4 is 15.8 Å². The third-order valence-corrected chi connectivity index (χ3v) is 5.22. The molecule has 126 valence electrons. The predicted octanol–water partition coefficient (Wildman–Crippen LogP) is 2.28. The van der Waals surface area contributed by atoms with Gasteiger partial charge >= 0.3 is 0 Å². The summed E-state index contributed by atoms with van der Waals surface area (Å²) < 4.78 is 44.3. The van der Waals surface area contributed by atoms with Crippen LogP contribution in [0.5, 0.6) is 0 Å². The Balaban J connectivity index is 2.18. The van der Waals surface area contributed by atoms with Crippen molar-refractivity contribution >= 4 is 44.0 Å². The predicted molar refractivity (Wildman–Crippen MR) is 88.9 cm³/mol. The highest BCUT2D eigenvalue weighted by Crippen LogP contribution is 2.29. The van der Waals surface area contributed by atoms with Gasteiger partial charge in [0.15, 0.2) is 0 Å². The maximum absolute atomic E-state index is 14.2. The van der Waals surface area contributed by atoms with Crippen LogP contribution in [-0.4, -0.2) is 30.9 Å². The largest absolute Gasteiger partial charge is 0.384 e. The zero-order chi connectivity index (χ0) is 16.9. The number of hydrogen-bond acceptors (Lipinski definition) is 7. The van der Waals surface area contributed by atoms with E-state index < -0.39 is 20.7 Å². The van der Waals surface area contributed by atoms with Crippen LogP contribution in [0.15, 0.2) is 23.4 Å². The summed E-state index contributed by atoms with van der Waals surface area (Å²) in [5, 5.41) is 3.10. The zero-order valence-corrected chi connectivity index (χ0v) is 14.3. The molecule has 0 spiro atoms. The van der Waals surface area contributed by atoms with Crippen LogP contribution in [-0.2, 0) is 10.0 Å². The first-order valence-electron chi connectivity index (χ1n) is 6.66. The summed E-state index contributed by atoms with van der Waals surface area (Å²) in [7, 11) is -4.13. The molecule has 2 rings (SSSR count). The molecule has 0 aliphatic carbocycles. The molecule has 0 amide bonds. The maximum Gasteiger partial charge on any atom is 0.266 e. The number of unbranched alkanes of at least 4 members (excludes halogenated alkanes) is 1. The Kier molecular flexibility index (Phi) is 6.10. The smallest absolute Gasteiger partial charge is 0.266 e. The molecule has 23 heavy (non-hydrogen) atoms. The van der Waals surface area contributed by atoms with Crippen molar-refractivity contribution in [2.75, 3.05) is 23.1 Å². The van der Waals surface area contributed by atoms with E-state index in [2.05, 4.69) is 19.4 Å². The fraction of sp³-hybridized carbons (Fsp3) is 0.333. The molecule has 7 nitrogen and oxygen atoms in total. The van der Waals surface area contributed by atoms with Crippen LogP contribution in [0.3, 0.4) is 0 Å². The number of aromatic nitrogens is 2. The van der Waals surface area contributed by atoms with Crippen LogP contribution in [0.25, 0.3) is 0 Å². The Bertz CT molecular complexity index is 755. The average molecular weight is 380 g/mol. The summed E-state index contributed by atoms with van der Waals surface area (Å²) in [6, 6.07) is 2.12. The van der Waals surface area contributed by atoms with Gasteiger partial charge in [-0.2, -0.15) is 4.37 Å². The molecule has 2 aromatic rings. The van der Waals surface area contributed by atoms with Crippen molar-refractivity contribution in [1.29, 1.82) is 0 Å². The van der Waals surface area contributed by atoms with E-state index in [0.717, 1.165) is 36.5 Å². The number of sulfonamides is 1. The number of rotatable bonds is 8. The monoisotopic (exact) mass is 379 g/mol. The van der Waals surface area contributed by atoms with Gasteiger partial charge in [0.25, 0.3) is 10.0 Å². The second-order valence-electron chi connectivity index (χ2n) is 4.54. The minimum absolute atomic E-state index is 0.0458. The lowest BCUT2D eigenvalue weighted by molar-refractivity contribution is 0.570. The van der Waals surface area contributed by atoms with E-state index in [1.807, 2.05) is 0 Å². The van der Waals surface area contributed by atoms with Gasteiger partial charge in [-0.05, 0) is 31.5 Å². The van der Waals surface area contributed by atoms with E-state index in [4.69, 9.17) is 17.3 Å². The average Bonchev–Trinajstić information content (AvgIpc) is 2.98. The normalized spacial score (nSPS) is 11.4. The highest BCUT2D eigenvalue weighted by Gasteiger charge is 2.22. The van der Waals surface area contributed by atoms with Gasteiger partial charge in [-0.15, -0.1) is 0 Å². The molecule has 0 unspecified atom stereocenters. The topological polar surface area (TPSA) is 110 Å². The quantitative estimate of drug-likeness (QED) is 0.607. The second-order valence-corrected chi connectivity index (χ2v) is 7.38. The van der Waals surface area contributed by atoms with Crippen LogP contribution in [0, 0.1) is 5.82 Å². The van der Waals surface area contributed by atoms with Gasteiger partial charge in [-0.1, -0.05) is 11.6 Å². The molecular formula is C12H15ClFN5O2S2. The first-order chi connectivity index (χ1) is 10.9. The van der Waals surface area contributed by atoms with Crippen molar-refractivity contribution in [1.82, 2.24) is 9.36 Å².